The number of rotatable bonds is 10. The lowest BCUT2D eigenvalue weighted by Gasteiger charge is -2.19. The summed E-state index contributed by atoms with van der Waals surface area (Å²) in [5, 5.41) is 3.43. The van der Waals surface area contributed by atoms with Crippen molar-refractivity contribution in [2.24, 2.45) is 0 Å². The molecule has 0 bridgehead atoms. The van der Waals surface area contributed by atoms with Crippen molar-refractivity contribution >= 4 is 0 Å². The third-order valence-electron chi connectivity index (χ3n) is 3.06. The number of ether oxygens (including phenoxy) is 2. The number of hydrogen-bond donors (Lipinski definition) is 1. The average molecular weight is 265 g/mol. The predicted molar refractivity (Wildman–Crippen MR) is 79.8 cm³/mol. The fourth-order valence-corrected chi connectivity index (χ4v) is 1.87. The molecular weight excluding hydrogens is 238 g/mol. The highest BCUT2D eigenvalue weighted by atomic mass is 16.5. The maximum Gasteiger partial charge on any atom is 0.118 e. The van der Waals surface area contributed by atoms with E-state index in [0.717, 1.165) is 44.7 Å². The smallest absolute Gasteiger partial charge is 0.118 e. The molecule has 1 N–H and O–H groups in total. The van der Waals surface area contributed by atoms with Gasteiger partial charge < -0.3 is 14.8 Å². The Morgan fingerprint density at radius 1 is 1.11 bits per heavy atom. The number of nitrogens with one attached hydrogen (secondary N) is 1. The van der Waals surface area contributed by atoms with Gasteiger partial charge in [-0.3, -0.25) is 0 Å². The van der Waals surface area contributed by atoms with Gasteiger partial charge in [-0.25, -0.2) is 0 Å². The van der Waals surface area contributed by atoms with E-state index in [9.17, 15) is 0 Å². The molecule has 0 radical (unpaired) electrons. The quantitative estimate of drug-likeness (QED) is 0.656. The molecule has 0 aliphatic carbocycles. The molecule has 0 aliphatic rings. The molecule has 0 aliphatic heterocycles. The highest BCUT2D eigenvalue weighted by Gasteiger charge is 2.11. The molecule has 0 amide bonds. The van der Waals surface area contributed by atoms with Gasteiger partial charge in [0.25, 0.3) is 0 Å². The van der Waals surface area contributed by atoms with E-state index in [1.54, 1.807) is 7.11 Å². The summed E-state index contributed by atoms with van der Waals surface area (Å²) in [6.45, 7) is 7.07. The number of benzene rings is 1. The molecule has 1 atom stereocenters. The largest absolute Gasteiger partial charge is 0.497 e. The summed E-state index contributed by atoms with van der Waals surface area (Å²) in [4.78, 5) is 0. The standard InChI is InChI=1S/C16H27NO2/c1-4-6-12-19-16(13-17-11-5-2)14-7-9-15(18-3)10-8-14/h7-10,16-17H,4-6,11-13H2,1-3H3. The van der Waals surface area contributed by atoms with Crippen LogP contribution in [0.2, 0.25) is 0 Å². The van der Waals surface area contributed by atoms with Crippen LogP contribution in [0, 0.1) is 0 Å². The zero-order chi connectivity index (χ0) is 13.9. The minimum Gasteiger partial charge on any atom is -0.497 e. The van der Waals surface area contributed by atoms with Gasteiger partial charge >= 0.3 is 0 Å². The summed E-state index contributed by atoms with van der Waals surface area (Å²) in [7, 11) is 1.69. The summed E-state index contributed by atoms with van der Waals surface area (Å²) in [6.07, 6.45) is 3.55. The molecule has 0 heterocycles. The molecule has 0 spiro atoms. The third-order valence-corrected chi connectivity index (χ3v) is 3.06. The monoisotopic (exact) mass is 265 g/mol. The maximum absolute atomic E-state index is 5.99. The second-order valence-corrected chi connectivity index (χ2v) is 4.69. The Hall–Kier alpha value is -1.06. The van der Waals surface area contributed by atoms with Gasteiger partial charge in [-0.15, -0.1) is 0 Å². The minimum atomic E-state index is 0.129. The average Bonchev–Trinajstić information content (AvgIpc) is 2.46. The van der Waals surface area contributed by atoms with Crippen LogP contribution in [0.3, 0.4) is 0 Å². The van der Waals surface area contributed by atoms with Gasteiger partial charge in [0, 0.05) is 13.2 Å². The van der Waals surface area contributed by atoms with Crippen LogP contribution < -0.4 is 10.1 Å². The van der Waals surface area contributed by atoms with E-state index in [-0.39, 0.29) is 6.10 Å². The minimum absolute atomic E-state index is 0.129. The molecule has 1 aromatic carbocycles. The van der Waals surface area contributed by atoms with Gasteiger partial charge in [-0.05, 0) is 37.1 Å². The van der Waals surface area contributed by atoms with Gasteiger partial charge in [0.1, 0.15) is 5.75 Å². The van der Waals surface area contributed by atoms with Crippen molar-refractivity contribution in [3.63, 3.8) is 0 Å². The van der Waals surface area contributed by atoms with Crippen molar-refractivity contribution in [2.75, 3.05) is 26.8 Å². The van der Waals surface area contributed by atoms with Crippen molar-refractivity contribution in [2.45, 2.75) is 39.2 Å². The summed E-state index contributed by atoms with van der Waals surface area (Å²) < 4.78 is 11.2. The molecule has 0 saturated heterocycles. The van der Waals surface area contributed by atoms with Gasteiger partial charge in [0.2, 0.25) is 0 Å². The second-order valence-electron chi connectivity index (χ2n) is 4.69. The van der Waals surface area contributed by atoms with E-state index in [1.165, 1.54) is 5.56 Å². The van der Waals surface area contributed by atoms with E-state index < -0.39 is 0 Å². The van der Waals surface area contributed by atoms with Crippen LogP contribution in [0.15, 0.2) is 24.3 Å². The lowest BCUT2D eigenvalue weighted by Crippen LogP contribution is -2.24. The first-order valence-corrected chi connectivity index (χ1v) is 7.28. The van der Waals surface area contributed by atoms with E-state index in [1.807, 2.05) is 12.1 Å². The first-order valence-electron chi connectivity index (χ1n) is 7.28. The topological polar surface area (TPSA) is 30.5 Å². The molecule has 1 rings (SSSR count). The van der Waals surface area contributed by atoms with Crippen LogP contribution in [0.1, 0.15) is 44.8 Å². The van der Waals surface area contributed by atoms with Gasteiger partial charge in [0.05, 0.1) is 13.2 Å². The molecule has 0 aromatic heterocycles. The maximum atomic E-state index is 5.99. The third kappa shape index (κ3) is 6.08. The van der Waals surface area contributed by atoms with Gasteiger partial charge in [-0.2, -0.15) is 0 Å². The molecule has 3 heteroatoms. The summed E-state index contributed by atoms with van der Waals surface area (Å²) in [6, 6.07) is 8.16. The molecule has 108 valence electrons. The molecule has 3 nitrogen and oxygen atoms in total. The van der Waals surface area contributed by atoms with Crippen molar-refractivity contribution in [1.29, 1.82) is 0 Å². The van der Waals surface area contributed by atoms with Crippen LogP contribution >= 0.6 is 0 Å². The first kappa shape index (κ1) is 16.0. The molecule has 0 fully saturated rings. The summed E-state index contributed by atoms with van der Waals surface area (Å²) in [5.74, 6) is 0.887. The van der Waals surface area contributed by atoms with Crippen molar-refractivity contribution in [1.82, 2.24) is 5.32 Å². The van der Waals surface area contributed by atoms with E-state index in [0.29, 0.717) is 0 Å². The summed E-state index contributed by atoms with van der Waals surface area (Å²) in [5.41, 5.74) is 1.21. The molecular formula is C16H27NO2. The fourth-order valence-electron chi connectivity index (χ4n) is 1.87. The zero-order valence-electron chi connectivity index (χ0n) is 12.4. The summed E-state index contributed by atoms with van der Waals surface area (Å²) >= 11 is 0. The van der Waals surface area contributed by atoms with E-state index in [4.69, 9.17) is 9.47 Å². The lowest BCUT2D eigenvalue weighted by molar-refractivity contribution is 0.0507. The van der Waals surface area contributed by atoms with Crippen LogP contribution in [-0.2, 0) is 4.74 Å². The van der Waals surface area contributed by atoms with Crippen LogP contribution in [0.4, 0.5) is 0 Å². The Labute approximate surface area is 117 Å². The van der Waals surface area contributed by atoms with Crippen molar-refractivity contribution in [3.05, 3.63) is 29.8 Å². The highest BCUT2D eigenvalue weighted by Crippen LogP contribution is 2.20. The zero-order valence-corrected chi connectivity index (χ0v) is 12.4. The molecule has 1 aromatic rings. The van der Waals surface area contributed by atoms with Gasteiger partial charge in [0.15, 0.2) is 0 Å². The Balaban J connectivity index is 2.58. The molecule has 1 unspecified atom stereocenters. The van der Waals surface area contributed by atoms with Gasteiger partial charge in [-0.1, -0.05) is 32.4 Å². The Morgan fingerprint density at radius 2 is 1.84 bits per heavy atom. The number of methoxy groups -OCH3 is 1. The van der Waals surface area contributed by atoms with E-state index in [2.05, 4.69) is 31.3 Å². The normalized spacial score (nSPS) is 12.4. The Kier molecular flexibility index (Phi) is 8.26. The lowest BCUT2D eigenvalue weighted by atomic mass is 10.1. The van der Waals surface area contributed by atoms with Crippen LogP contribution in [-0.4, -0.2) is 26.8 Å². The first-order chi connectivity index (χ1) is 9.31. The van der Waals surface area contributed by atoms with Crippen molar-refractivity contribution in [3.8, 4) is 5.75 Å². The Morgan fingerprint density at radius 3 is 2.42 bits per heavy atom. The van der Waals surface area contributed by atoms with Crippen LogP contribution in [0.25, 0.3) is 0 Å². The number of hydrogen-bond acceptors (Lipinski definition) is 3. The van der Waals surface area contributed by atoms with E-state index >= 15 is 0 Å². The Bertz CT molecular complexity index is 314. The predicted octanol–water partition coefficient (Wildman–Crippen LogP) is 3.55. The SMILES string of the molecule is CCCCOC(CNCCC)c1ccc(OC)cc1. The molecule has 19 heavy (non-hydrogen) atoms. The van der Waals surface area contributed by atoms with Crippen LogP contribution in [0.5, 0.6) is 5.75 Å². The second kappa shape index (κ2) is 9.82. The number of unbranched alkanes of at least 4 members (excludes halogenated alkanes) is 1. The highest BCUT2D eigenvalue weighted by molar-refractivity contribution is 5.28. The van der Waals surface area contributed by atoms with Crippen molar-refractivity contribution < 1.29 is 9.47 Å². The molecule has 0 saturated carbocycles. The fraction of sp³-hybridized carbons (Fsp3) is 0.625.